The molecule has 1 aliphatic rings. The van der Waals surface area contributed by atoms with Gasteiger partial charge in [0.15, 0.2) is 0 Å². The van der Waals surface area contributed by atoms with Crippen LogP contribution >= 0.6 is 0 Å². The van der Waals surface area contributed by atoms with Crippen LogP contribution < -0.4 is 5.32 Å². The quantitative estimate of drug-likeness (QED) is 0.462. The standard InChI is InChI=1S/C29H32F2N2O2/c1-19-5-8-22(9-6-19)23-11-13-25(14-12-23)29(30,31)28(35)32-26(18-33-15-4-16-33)27(34)24-10-7-20(2)21(3)17-24/h5-14,17,26-27,34H,4,15-16,18H2,1-3H3,(H,32,35)/t26-,27-/m1/s1. The van der Waals surface area contributed by atoms with Crippen molar-refractivity contribution in [2.45, 2.75) is 45.3 Å². The first kappa shape index (κ1) is 25.0. The van der Waals surface area contributed by atoms with Crippen molar-refractivity contribution in [1.82, 2.24) is 10.2 Å². The molecule has 0 aliphatic carbocycles. The summed E-state index contributed by atoms with van der Waals surface area (Å²) in [4.78, 5) is 14.9. The molecule has 0 aromatic heterocycles. The molecule has 1 saturated heterocycles. The number of aliphatic hydroxyl groups is 1. The molecule has 0 radical (unpaired) electrons. The van der Waals surface area contributed by atoms with Gasteiger partial charge >= 0.3 is 5.92 Å². The van der Waals surface area contributed by atoms with Gasteiger partial charge in [-0.25, -0.2) is 0 Å². The second-order valence-electron chi connectivity index (χ2n) is 9.54. The van der Waals surface area contributed by atoms with E-state index in [1.165, 1.54) is 12.1 Å². The summed E-state index contributed by atoms with van der Waals surface area (Å²) in [5, 5.41) is 13.5. The fourth-order valence-electron chi connectivity index (χ4n) is 4.26. The Morgan fingerprint density at radius 3 is 2.09 bits per heavy atom. The summed E-state index contributed by atoms with van der Waals surface area (Å²) in [5.74, 6) is -5.14. The van der Waals surface area contributed by atoms with Gasteiger partial charge in [-0.15, -0.1) is 0 Å². The molecule has 35 heavy (non-hydrogen) atoms. The molecule has 0 bridgehead atoms. The number of aryl methyl sites for hydroxylation is 3. The minimum absolute atomic E-state index is 0.308. The van der Waals surface area contributed by atoms with Gasteiger partial charge in [0.2, 0.25) is 0 Å². The van der Waals surface area contributed by atoms with Gasteiger partial charge in [-0.05, 0) is 68.1 Å². The molecule has 4 rings (SSSR count). The topological polar surface area (TPSA) is 52.6 Å². The number of nitrogens with one attached hydrogen (secondary N) is 1. The molecular formula is C29H32F2N2O2. The van der Waals surface area contributed by atoms with E-state index in [0.717, 1.165) is 47.3 Å². The van der Waals surface area contributed by atoms with E-state index in [9.17, 15) is 9.90 Å². The number of likely N-dealkylation sites (tertiary alicyclic amines) is 1. The van der Waals surface area contributed by atoms with Crippen LogP contribution in [-0.2, 0) is 10.7 Å². The minimum Gasteiger partial charge on any atom is -0.386 e. The van der Waals surface area contributed by atoms with Gasteiger partial charge in [0, 0.05) is 12.1 Å². The fraction of sp³-hybridized carbons (Fsp3) is 0.345. The third kappa shape index (κ3) is 5.60. The molecule has 1 heterocycles. The van der Waals surface area contributed by atoms with Gasteiger partial charge in [-0.1, -0.05) is 72.3 Å². The summed E-state index contributed by atoms with van der Waals surface area (Å²) < 4.78 is 30.4. The maximum atomic E-state index is 15.2. The van der Waals surface area contributed by atoms with Crippen molar-refractivity contribution in [2.75, 3.05) is 19.6 Å². The van der Waals surface area contributed by atoms with Crippen molar-refractivity contribution in [2.24, 2.45) is 0 Å². The number of rotatable bonds is 8. The Bertz CT molecular complexity index is 1170. The van der Waals surface area contributed by atoms with Gasteiger partial charge in [-0.2, -0.15) is 8.78 Å². The highest BCUT2D eigenvalue weighted by Crippen LogP contribution is 2.31. The first-order chi connectivity index (χ1) is 16.6. The average Bonchev–Trinajstić information content (AvgIpc) is 2.82. The zero-order chi connectivity index (χ0) is 25.2. The lowest BCUT2D eigenvalue weighted by Crippen LogP contribution is -2.53. The third-order valence-electron chi connectivity index (χ3n) is 6.89. The van der Waals surface area contributed by atoms with Crippen LogP contribution in [0, 0.1) is 20.8 Å². The van der Waals surface area contributed by atoms with Crippen LogP contribution in [0.3, 0.4) is 0 Å². The van der Waals surface area contributed by atoms with Gasteiger partial charge in [0.1, 0.15) is 6.10 Å². The fourth-order valence-corrected chi connectivity index (χ4v) is 4.26. The summed E-state index contributed by atoms with van der Waals surface area (Å²) >= 11 is 0. The van der Waals surface area contributed by atoms with Gasteiger partial charge in [-0.3, -0.25) is 4.79 Å². The highest BCUT2D eigenvalue weighted by atomic mass is 19.3. The van der Waals surface area contributed by atoms with Crippen LogP contribution in [0.1, 0.15) is 40.3 Å². The molecule has 0 unspecified atom stereocenters. The molecule has 1 aliphatic heterocycles. The van der Waals surface area contributed by atoms with Gasteiger partial charge < -0.3 is 15.3 Å². The molecule has 2 N–H and O–H groups in total. The summed E-state index contributed by atoms with van der Waals surface area (Å²) in [6, 6.07) is 18.2. The Hall–Kier alpha value is -3.09. The normalized spacial score (nSPS) is 15.8. The molecule has 3 aromatic carbocycles. The molecule has 0 spiro atoms. The van der Waals surface area contributed by atoms with Gasteiger partial charge in [0.25, 0.3) is 5.91 Å². The first-order valence-electron chi connectivity index (χ1n) is 12.0. The number of amides is 1. The lowest BCUT2D eigenvalue weighted by atomic mass is 9.96. The van der Waals surface area contributed by atoms with Crippen molar-refractivity contribution < 1.29 is 18.7 Å². The second kappa shape index (κ2) is 10.3. The lowest BCUT2D eigenvalue weighted by molar-refractivity contribution is -0.149. The van der Waals surface area contributed by atoms with E-state index < -0.39 is 24.0 Å². The van der Waals surface area contributed by atoms with E-state index >= 15 is 8.78 Å². The monoisotopic (exact) mass is 478 g/mol. The number of hydrogen-bond donors (Lipinski definition) is 2. The average molecular weight is 479 g/mol. The Morgan fingerprint density at radius 2 is 1.54 bits per heavy atom. The predicted octanol–water partition coefficient (Wildman–Crippen LogP) is 5.29. The number of carbonyl (C=O) groups is 1. The van der Waals surface area contributed by atoms with Crippen molar-refractivity contribution in [1.29, 1.82) is 0 Å². The molecule has 184 valence electrons. The van der Waals surface area contributed by atoms with Crippen molar-refractivity contribution in [3.8, 4) is 11.1 Å². The van der Waals surface area contributed by atoms with E-state index in [-0.39, 0.29) is 5.56 Å². The molecule has 3 aromatic rings. The Labute approximate surface area is 205 Å². The molecule has 0 saturated carbocycles. The van der Waals surface area contributed by atoms with E-state index in [1.807, 2.05) is 62.1 Å². The Morgan fingerprint density at radius 1 is 0.943 bits per heavy atom. The minimum atomic E-state index is -3.73. The number of alkyl halides is 2. The molecule has 2 atom stereocenters. The summed E-state index contributed by atoms with van der Waals surface area (Å²) in [6.07, 6.45) is -0.0808. The Kier molecular flexibility index (Phi) is 7.33. The maximum Gasteiger partial charge on any atom is 0.349 e. The predicted molar refractivity (Wildman–Crippen MR) is 134 cm³/mol. The highest BCUT2D eigenvalue weighted by molar-refractivity contribution is 5.85. The van der Waals surface area contributed by atoms with Crippen LogP contribution in [0.2, 0.25) is 0 Å². The summed E-state index contributed by atoms with van der Waals surface area (Å²) in [7, 11) is 0. The zero-order valence-electron chi connectivity index (χ0n) is 20.4. The SMILES string of the molecule is Cc1ccc(-c2ccc(C(F)(F)C(=O)N[C@H](CN3CCC3)[C@H](O)c3ccc(C)c(C)c3)cc2)cc1. The molecular weight excluding hydrogens is 446 g/mol. The number of nitrogens with zero attached hydrogens (tertiary/aromatic N) is 1. The van der Waals surface area contributed by atoms with E-state index in [0.29, 0.717) is 12.1 Å². The number of halogens is 2. The first-order valence-corrected chi connectivity index (χ1v) is 12.0. The largest absolute Gasteiger partial charge is 0.386 e. The molecule has 6 heteroatoms. The van der Waals surface area contributed by atoms with Crippen LogP contribution in [0.25, 0.3) is 11.1 Å². The van der Waals surface area contributed by atoms with Crippen LogP contribution in [0.5, 0.6) is 0 Å². The van der Waals surface area contributed by atoms with Crippen molar-refractivity contribution >= 4 is 5.91 Å². The summed E-state index contributed by atoms with van der Waals surface area (Å²) in [5.41, 5.74) is 5.12. The maximum absolute atomic E-state index is 15.2. The molecule has 4 nitrogen and oxygen atoms in total. The van der Waals surface area contributed by atoms with Crippen LogP contribution in [-0.4, -0.2) is 41.6 Å². The second-order valence-corrected chi connectivity index (χ2v) is 9.54. The van der Waals surface area contributed by atoms with Crippen LogP contribution in [0.4, 0.5) is 8.78 Å². The van der Waals surface area contributed by atoms with E-state index in [2.05, 4.69) is 5.32 Å². The number of benzene rings is 3. The Balaban J connectivity index is 1.52. The lowest BCUT2D eigenvalue weighted by Gasteiger charge is -2.36. The zero-order valence-corrected chi connectivity index (χ0v) is 20.4. The molecule has 1 fully saturated rings. The van der Waals surface area contributed by atoms with Gasteiger partial charge in [0.05, 0.1) is 6.04 Å². The van der Waals surface area contributed by atoms with Crippen molar-refractivity contribution in [3.05, 3.63) is 94.5 Å². The third-order valence-corrected chi connectivity index (χ3v) is 6.89. The molecule has 1 amide bonds. The number of aliphatic hydroxyl groups excluding tert-OH is 1. The number of hydrogen-bond acceptors (Lipinski definition) is 3. The highest BCUT2D eigenvalue weighted by Gasteiger charge is 2.43. The van der Waals surface area contributed by atoms with Crippen LogP contribution in [0.15, 0.2) is 66.7 Å². The smallest absolute Gasteiger partial charge is 0.349 e. The number of carbonyl (C=O) groups excluding carboxylic acids is 1. The summed E-state index contributed by atoms with van der Waals surface area (Å²) in [6.45, 7) is 7.84. The van der Waals surface area contributed by atoms with E-state index in [4.69, 9.17) is 0 Å². The van der Waals surface area contributed by atoms with Crippen molar-refractivity contribution in [3.63, 3.8) is 0 Å². The van der Waals surface area contributed by atoms with E-state index in [1.54, 1.807) is 18.2 Å².